The van der Waals surface area contributed by atoms with E-state index < -0.39 is 23.0 Å². The maximum Gasteiger partial charge on any atom is 0.306 e. The standard InChI is InChI=1S/C31H49NO4/c1-7-29(4)18-25(36-26(34)11-8-21-16-22-9-10-23(17-21)32(22)6)30(5)19(2)12-14-31(20(3)28(29)35)15-13-24(33)27(30)31/h7,19-23,25,27-28,35H,1,8-18H2,2-6H3/t19-,20+,21?,22-,23+,25+,27-,28+,29-,30+,31+/m1/s1. The topological polar surface area (TPSA) is 66.8 Å². The molecular formula is C31H49NO4. The predicted molar refractivity (Wildman–Crippen MR) is 141 cm³/mol. The molecule has 1 N–H and O–H groups in total. The fourth-order valence-corrected chi connectivity index (χ4v) is 9.80. The third-order valence-electron chi connectivity index (χ3n) is 12.5. The number of rotatable bonds is 5. The molecule has 3 aliphatic carbocycles. The third kappa shape index (κ3) is 3.85. The lowest BCUT2D eigenvalue weighted by atomic mass is 9.44. The van der Waals surface area contributed by atoms with Crippen molar-refractivity contribution in [3.8, 4) is 0 Å². The van der Waals surface area contributed by atoms with E-state index in [4.69, 9.17) is 4.74 Å². The lowest BCUT2D eigenvalue weighted by molar-refractivity contribution is -0.206. The number of fused-ring (bicyclic) bond motifs is 2. The van der Waals surface area contributed by atoms with Gasteiger partial charge in [-0.1, -0.05) is 33.8 Å². The van der Waals surface area contributed by atoms with Crippen molar-refractivity contribution in [2.75, 3.05) is 7.05 Å². The van der Waals surface area contributed by atoms with Crippen molar-refractivity contribution in [1.29, 1.82) is 0 Å². The Bertz CT molecular complexity index is 889. The van der Waals surface area contributed by atoms with Crippen LogP contribution >= 0.6 is 0 Å². The predicted octanol–water partition coefficient (Wildman–Crippen LogP) is 5.55. The SMILES string of the molecule is C=C[C@]1(C)C[C@H](OC(=O)CCC2C[C@H]3CC[C@@H](C2)N3C)[C@]2(C)[C@H](C)CC[C@]3(CCC(=O)[C@@H]32)[C@@H](C)[C@@H]1O. The van der Waals surface area contributed by atoms with Crippen molar-refractivity contribution in [3.63, 3.8) is 0 Å². The van der Waals surface area contributed by atoms with Gasteiger partial charge in [0.25, 0.3) is 0 Å². The molecule has 3 saturated carbocycles. The number of ketones is 1. The van der Waals surface area contributed by atoms with E-state index in [1.165, 1.54) is 25.7 Å². The van der Waals surface area contributed by atoms with Crippen LogP contribution in [0.2, 0.25) is 0 Å². The number of hydrogen-bond acceptors (Lipinski definition) is 5. The Balaban J connectivity index is 1.39. The average molecular weight is 500 g/mol. The van der Waals surface area contributed by atoms with Crippen LogP contribution in [0, 0.1) is 39.9 Å². The van der Waals surface area contributed by atoms with Crippen molar-refractivity contribution in [2.24, 2.45) is 39.9 Å². The first-order chi connectivity index (χ1) is 17.0. The third-order valence-corrected chi connectivity index (χ3v) is 12.5. The van der Waals surface area contributed by atoms with Gasteiger partial charge in [-0.15, -0.1) is 6.58 Å². The molecule has 36 heavy (non-hydrogen) atoms. The van der Waals surface area contributed by atoms with Gasteiger partial charge in [0.15, 0.2) is 0 Å². The van der Waals surface area contributed by atoms with Gasteiger partial charge in [0.05, 0.1) is 6.10 Å². The number of esters is 1. The molecule has 11 atom stereocenters. The zero-order valence-corrected chi connectivity index (χ0v) is 23.3. The highest BCUT2D eigenvalue weighted by molar-refractivity contribution is 5.85. The molecule has 5 aliphatic rings. The van der Waals surface area contributed by atoms with E-state index in [2.05, 4.69) is 46.2 Å². The zero-order chi connectivity index (χ0) is 26.0. The van der Waals surface area contributed by atoms with E-state index in [0.717, 1.165) is 25.7 Å². The summed E-state index contributed by atoms with van der Waals surface area (Å²) in [5, 5.41) is 11.7. The van der Waals surface area contributed by atoms with E-state index in [1.807, 2.05) is 6.08 Å². The summed E-state index contributed by atoms with van der Waals surface area (Å²) in [6.07, 6.45) is 11.1. The van der Waals surface area contributed by atoms with Gasteiger partial charge in [-0.2, -0.15) is 0 Å². The van der Waals surface area contributed by atoms with Crippen LogP contribution in [0.15, 0.2) is 12.7 Å². The van der Waals surface area contributed by atoms with E-state index in [9.17, 15) is 14.7 Å². The minimum absolute atomic E-state index is 0.000212. The summed E-state index contributed by atoms with van der Waals surface area (Å²) >= 11 is 0. The minimum Gasteiger partial charge on any atom is -0.462 e. The van der Waals surface area contributed by atoms with Gasteiger partial charge in [0.2, 0.25) is 0 Å². The summed E-state index contributed by atoms with van der Waals surface area (Å²) < 4.78 is 6.44. The minimum atomic E-state index is -0.614. The fourth-order valence-electron chi connectivity index (χ4n) is 9.80. The number of hydrogen-bond donors (Lipinski definition) is 1. The van der Waals surface area contributed by atoms with Crippen molar-refractivity contribution in [1.82, 2.24) is 4.90 Å². The zero-order valence-electron chi connectivity index (χ0n) is 23.3. The van der Waals surface area contributed by atoms with Crippen molar-refractivity contribution in [3.05, 3.63) is 12.7 Å². The molecule has 0 aromatic carbocycles. The summed E-state index contributed by atoms with van der Waals surface area (Å²) in [4.78, 5) is 29.5. The van der Waals surface area contributed by atoms with Gasteiger partial charge < -0.3 is 14.7 Å². The number of aliphatic hydroxyl groups excluding tert-OH is 1. The first-order valence-electron chi connectivity index (χ1n) is 14.7. The molecule has 0 spiro atoms. The van der Waals surface area contributed by atoms with Crippen LogP contribution < -0.4 is 0 Å². The monoisotopic (exact) mass is 499 g/mol. The number of ether oxygens (including phenoxy) is 1. The summed E-state index contributed by atoms with van der Waals surface area (Å²) in [5.41, 5.74) is -1.22. The Morgan fingerprint density at radius 3 is 2.47 bits per heavy atom. The largest absolute Gasteiger partial charge is 0.462 e. The average Bonchev–Trinajstić information content (AvgIpc) is 3.28. The van der Waals surface area contributed by atoms with E-state index in [-0.39, 0.29) is 29.1 Å². The maximum absolute atomic E-state index is 13.5. The van der Waals surface area contributed by atoms with Gasteiger partial charge >= 0.3 is 5.97 Å². The van der Waals surface area contributed by atoms with Crippen molar-refractivity contribution >= 4 is 11.8 Å². The fraction of sp³-hybridized carbons (Fsp3) is 0.871. The molecule has 5 heteroatoms. The Morgan fingerprint density at radius 1 is 1.17 bits per heavy atom. The van der Waals surface area contributed by atoms with E-state index in [0.29, 0.717) is 43.0 Å². The Hall–Kier alpha value is -1.20. The first-order valence-corrected chi connectivity index (χ1v) is 14.7. The van der Waals surface area contributed by atoms with Gasteiger partial charge in [-0.25, -0.2) is 0 Å². The second kappa shape index (κ2) is 9.22. The van der Waals surface area contributed by atoms with E-state index in [1.54, 1.807) is 0 Å². The lowest BCUT2D eigenvalue weighted by Crippen LogP contribution is -2.63. The summed E-state index contributed by atoms with van der Waals surface area (Å²) in [6.45, 7) is 12.8. The van der Waals surface area contributed by atoms with Crippen LogP contribution in [0.1, 0.15) is 98.3 Å². The van der Waals surface area contributed by atoms with Crippen LogP contribution in [0.3, 0.4) is 0 Å². The number of nitrogens with zero attached hydrogens (tertiary/aromatic N) is 1. The number of piperidine rings is 1. The van der Waals surface area contributed by atoms with Crippen LogP contribution in [-0.4, -0.2) is 53.1 Å². The second-order valence-electron chi connectivity index (χ2n) is 14.0. The first kappa shape index (κ1) is 26.4. The summed E-state index contributed by atoms with van der Waals surface area (Å²) in [6, 6.07) is 1.35. The van der Waals surface area contributed by atoms with Crippen LogP contribution in [-0.2, 0) is 14.3 Å². The quantitative estimate of drug-likeness (QED) is 0.397. The smallest absolute Gasteiger partial charge is 0.306 e. The van der Waals surface area contributed by atoms with Gasteiger partial charge in [0, 0.05) is 41.7 Å². The molecule has 0 aromatic rings. The molecule has 202 valence electrons. The van der Waals surface area contributed by atoms with Crippen LogP contribution in [0.5, 0.6) is 0 Å². The molecule has 5 nitrogen and oxygen atoms in total. The van der Waals surface area contributed by atoms with Gasteiger partial charge in [0.1, 0.15) is 11.9 Å². The Morgan fingerprint density at radius 2 is 1.83 bits per heavy atom. The molecule has 5 fully saturated rings. The lowest BCUT2D eigenvalue weighted by Gasteiger charge is -2.61. The number of aliphatic hydroxyl groups is 1. The molecule has 0 aromatic heterocycles. The summed E-state index contributed by atoms with van der Waals surface area (Å²) in [7, 11) is 2.25. The normalized spacial score (nSPS) is 50.8. The number of carbonyl (C=O) groups excluding carboxylic acids is 2. The highest BCUT2D eigenvalue weighted by atomic mass is 16.5. The number of Topliss-reactive ketones (excluding diaryl/α,β-unsaturated/α-hetero) is 1. The Kier molecular flexibility index (Phi) is 6.76. The molecule has 5 rings (SSSR count). The molecule has 2 aliphatic heterocycles. The highest BCUT2D eigenvalue weighted by Gasteiger charge is 2.68. The molecule has 1 unspecified atom stereocenters. The molecule has 4 bridgehead atoms. The molecule has 2 saturated heterocycles. The highest BCUT2D eigenvalue weighted by Crippen LogP contribution is 2.68. The van der Waals surface area contributed by atoms with Crippen LogP contribution in [0.25, 0.3) is 0 Å². The van der Waals surface area contributed by atoms with Gasteiger partial charge in [-0.3, -0.25) is 9.59 Å². The van der Waals surface area contributed by atoms with Gasteiger partial charge in [-0.05, 0) is 88.0 Å². The van der Waals surface area contributed by atoms with Crippen LogP contribution in [0.4, 0.5) is 0 Å². The molecular weight excluding hydrogens is 450 g/mol. The molecule has 0 amide bonds. The van der Waals surface area contributed by atoms with Crippen molar-refractivity contribution < 1.29 is 19.4 Å². The Labute approximate surface area is 218 Å². The maximum atomic E-state index is 13.5. The number of carbonyl (C=O) groups is 2. The molecule has 2 heterocycles. The van der Waals surface area contributed by atoms with E-state index >= 15 is 0 Å². The second-order valence-corrected chi connectivity index (χ2v) is 14.0. The summed E-state index contributed by atoms with van der Waals surface area (Å²) in [5.74, 6) is 0.897. The molecule has 0 radical (unpaired) electrons. The van der Waals surface area contributed by atoms with Crippen molar-refractivity contribution in [2.45, 2.75) is 123 Å².